The van der Waals surface area contributed by atoms with Crippen molar-refractivity contribution in [2.75, 3.05) is 11.4 Å². The number of rotatable bonds is 2. The van der Waals surface area contributed by atoms with Gasteiger partial charge in [0, 0.05) is 5.02 Å². The third-order valence-corrected chi connectivity index (χ3v) is 2.49. The third kappa shape index (κ3) is 1.67. The zero-order valence-electron chi connectivity index (χ0n) is 7.91. The smallest absolute Gasteiger partial charge is 0.299 e. The van der Waals surface area contributed by atoms with E-state index in [1.165, 1.54) is 18.2 Å². The van der Waals surface area contributed by atoms with E-state index in [0.29, 0.717) is 5.02 Å². The number of carbonyl (C=O) groups is 2. The van der Waals surface area contributed by atoms with Crippen LogP contribution in [-0.4, -0.2) is 24.7 Å². The summed E-state index contributed by atoms with van der Waals surface area (Å²) in [4.78, 5) is 23.6. The molecule has 1 aliphatic rings. The molecule has 2 rings (SSSR count). The molecule has 0 saturated heterocycles. The number of benzene rings is 1. The normalized spacial score (nSPS) is 14.9. The van der Waals surface area contributed by atoms with E-state index in [9.17, 15) is 18.4 Å². The van der Waals surface area contributed by atoms with Crippen molar-refractivity contribution >= 4 is 29.0 Å². The number of anilines is 1. The van der Waals surface area contributed by atoms with Crippen molar-refractivity contribution in [3.8, 4) is 0 Å². The van der Waals surface area contributed by atoms with Gasteiger partial charge in [-0.2, -0.15) is 0 Å². The number of hydrogen-bond acceptors (Lipinski definition) is 2. The van der Waals surface area contributed by atoms with Gasteiger partial charge in [-0.1, -0.05) is 11.6 Å². The number of amides is 1. The van der Waals surface area contributed by atoms with Crippen molar-refractivity contribution in [3.05, 3.63) is 28.8 Å². The first-order chi connectivity index (χ1) is 7.50. The molecule has 0 saturated carbocycles. The summed E-state index contributed by atoms with van der Waals surface area (Å²) in [5.74, 6) is -1.73. The number of fused-ring (bicyclic) bond motifs is 1. The molecule has 84 valence electrons. The lowest BCUT2D eigenvalue weighted by Crippen LogP contribution is -2.33. The van der Waals surface area contributed by atoms with Gasteiger partial charge in [0.25, 0.3) is 18.1 Å². The SMILES string of the molecule is O=C1C(=O)N(CC(F)F)c2ccc(Cl)cc21. The number of hydrogen-bond donors (Lipinski definition) is 0. The first kappa shape index (κ1) is 11.0. The summed E-state index contributed by atoms with van der Waals surface area (Å²) in [6.45, 7) is -0.779. The van der Waals surface area contributed by atoms with Crippen LogP contribution in [-0.2, 0) is 4.79 Å². The topological polar surface area (TPSA) is 37.4 Å². The number of ketones is 1. The van der Waals surface area contributed by atoms with Crippen LogP contribution in [0.1, 0.15) is 10.4 Å². The summed E-state index contributed by atoms with van der Waals surface area (Å²) in [5, 5.41) is 0.291. The molecule has 0 bridgehead atoms. The van der Waals surface area contributed by atoms with Gasteiger partial charge >= 0.3 is 0 Å². The van der Waals surface area contributed by atoms with Crippen LogP contribution in [0.5, 0.6) is 0 Å². The van der Waals surface area contributed by atoms with Gasteiger partial charge in [0.05, 0.1) is 17.8 Å². The van der Waals surface area contributed by atoms with Crippen LogP contribution in [0.4, 0.5) is 14.5 Å². The van der Waals surface area contributed by atoms with E-state index in [-0.39, 0.29) is 11.3 Å². The molecule has 0 aromatic heterocycles. The largest absolute Gasteiger partial charge is 0.299 e. The maximum Gasteiger partial charge on any atom is 0.299 e. The fourth-order valence-corrected chi connectivity index (χ4v) is 1.76. The number of halogens is 3. The molecule has 0 atom stereocenters. The van der Waals surface area contributed by atoms with Crippen LogP contribution in [0.2, 0.25) is 5.02 Å². The molecule has 1 aromatic rings. The van der Waals surface area contributed by atoms with Crippen molar-refractivity contribution in [2.45, 2.75) is 6.43 Å². The van der Waals surface area contributed by atoms with Gasteiger partial charge in [-0.3, -0.25) is 14.5 Å². The zero-order valence-corrected chi connectivity index (χ0v) is 8.67. The minimum Gasteiger partial charge on any atom is -0.299 e. The summed E-state index contributed by atoms with van der Waals surface area (Å²) < 4.78 is 24.5. The van der Waals surface area contributed by atoms with Crippen molar-refractivity contribution in [2.24, 2.45) is 0 Å². The minimum atomic E-state index is -2.68. The predicted molar refractivity (Wildman–Crippen MR) is 54.1 cm³/mol. The molecule has 1 aliphatic heterocycles. The first-order valence-electron chi connectivity index (χ1n) is 4.44. The van der Waals surface area contributed by atoms with Crippen molar-refractivity contribution < 1.29 is 18.4 Å². The maximum atomic E-state index is 12.2. The van der Waals surface area contributed by atoms with Crippen molar-refractivity contribution in [3.63, 3.8) is 0 Å². The van der Waals surface area contributed by atoms with Crippen LogP contribution in [0.25, 0.3) is 0 Å². The molecule has 1 heterocycles. The van der Waals surface area contributed by atoms with E-state index < -0.39 is 24.7 Å². The summed E-state index contributed by atoms with van der Waals surface area (Å²) in [5.41, 5.74) is 0.276. The van der Waals surface area contributed by atoms with Crippen LogP contribution >= 0.6 is 11.6 Å². The minimum absolute atomic E-state index is 0.0816. The lowest BCUT2D eigenvalue weighted by molar-refractivity contribution is -0.114. The van der Waals surface area contributed by atoms with E-state index >= 15 is 0 Å². The average molecular weight is 246 g/mol. The standard InChI is InChI=1S/C10H6ClF2NO2/c11-5-1-2-7-6(3-5)9(15)10(16)14(7)4-8(12)13/h1-3,8H,4H2. The second kappa shape index (κ2) is 3.83. The van der Waals surface area contributed by atoms with Crippen LogP contribution in [0.15, 0.2) is 18.2 Å². The molecule has 0 radical (unpaired) electrons. The summed E-state index contributed by atoms with van der Waals surface area (Å²) in [6, 6.07) is 4.15. The Balaban J connectivity index is 2.46. The number of alkyl halides is 2. The Bertz CT molecular complexity index is 476. The Morgan fingerprint density at radius 2 is 2.00 bits per heavy atom. The van der Waals surface area contributed by atoms with Gasteiger partial charge < -0.3 is 0 Å². The molecule has 1 aromatic carbocycles. The highest BCUT2D eigenvalue weighted by molar-refractivity contribution is 6.52. The second-order valence-corrected chi connectivity index (χ2v) is 3.73. The van der Waals surface area contributed by atoms with Crippen LogP contribution in [0.3, 0.4) is 0 Å². The average Bonchev–Trinajstić information content (AvgIpc) is 2.43. The van der Waals surface area contributed by atoms with Gasteiger partial charge in [0.2, 0.25) is 0 Å². The predicted octanol–water partition coefficient (Wildman–Crippen LogP) is 2.13. The van der Waals surface area contributed by atoms with E-state index in [2.05, 4.69) is 0 Å². The number of Topliss-reactive ketones (excluding diaryl/α,β-unsaturated/α-hetero) is 1. The Hall–Kier alpha value is -1.49. The Labute approximate surface area is 94.6 Å². The Morgan fingerprint density at radius 1 is 1.31 bits per heavy atom. The molecule has 16 heavy (non-hydrogen) atoms. The molecule has 0 N–H and O–H groups in total. The Kier molecular flexibility index (Phi) is 2.63. The molecule has 0 fully saturated rings. The first-order valence-corrected chi connectivity index (χ1v) is 4.82. The van der Waals surface area contributed by atoms with Crippen LogP contribution < -0.4 is 4.90 Å². The van der Waals surface area contributed by atoms with E-state index in [4.69, 9.17) is 11.6 Å². The number of nitrogens with zero attached hydrogens (tertiary/aromatic N) is 1. The third-order valence-electron chi connectivity index (χ3n) is 2.25. The van der Waals surface area contributed by atoms with Gasteiger partial charge in [0.15, 0.2) is 0 Å². The molecule has 0 aliphatic carbocycles. The van der Waals surface area contributed by atoms with E-state index in [0.717, 1.165) is 4.90 Å². The highest BCUT2D eigenvalue weighted by atomic mass is 35.5. The lowest BCUT2D eigenvalue weighted by atomic mass is 10.1. The molecule has 3 nitrogen and oxygen atoms in total. The van der Waals surface area contributed by atoms with Gasteiger partial charge in [-0.25, -0.2) is 8.78 Å². The highest BCUT2D eigenvalue weighted by Crippen LogP contribution is 2.31. The zero-order chi connectivity index (χ0) is 11.9. The molecular weight excluding hydrogens is 240 g/mol. The van der Waals surface area contributed by atoms with Crippen molar-refractivity contribution in [1.29, 1.82) is 0 Å². The van der Waals surface area contributed by atoms with E-state index in [1.807, 2.05) is 0 Å². The summed E-state index contributed by atoms with van der Waals surface area (Å²) in [7, 11) is 0. The molecule has 6 heteroatoms. The maximum absolute atomic E-state index is 12.2. The molecule has 0 spiro atoms. The highest BCUT2D eigenvalue weighted by Gasteiger charge is 2.37. The summed E-state index contributed by atoms with van der Waals surface area (Å²) in [6.07, 6.45) is -2.68. The van der Waals surface area contributed by atoms with Gasteiger partial charge in [-0.15, -0.1) is 0 Å². The van der Waals surface area contributed by atoms with Gasteiger partial charge in [0.1, 0.15) is 0 Å². The Morgan fingerprint density at radius 3 is 2.62 bits per heavy atom. The molecule has 0 unspecified atom stereocenters. The van der Waals surface area contributed by atoms with Crippen LogP contribution in [0, 0.1) is 0 Å². The lowest BCUT2D eigenvalue weighted by Gasteiger charge is -2.15. The fraction of sp³-hybridized carbons (Fsp3) is 0.200. The van der Waals surface area contributed by atoms with E-state index in [1.54, 1.807) is 0 Å². The van der Waals surface area contributed by atoms with Gasteiger partial charge in [-0.05, 0) is 18.2 Å². The summed E-state index contributed by atoms with van der Waals surface area (Å²) >= 11 is 5.66. The van der Waals surface area contributed by atoms with Crippen molar-refractivity contribution in [1.82, 2.24) is 0 Å². The molecule has 1 amide bonds. The number of carbonyl (C=O) groups excluding carboxylic acids is 2. The molecular formula is C10H6ClF2NO2. The second-order valence-electron chi connectivity index (χ2n) is 3.30. The fourth-order valence-electron chi connectivity index (χ4n) is 1.59. The monoisotopic (exact) mass is 245 g/mol. The quantitative estimate of drug-likeness (QED) is 0.749.